The van der Waals surface area contributed by atoms with Crippen molar-refractivity contribution in [2.24, 2.45) is 5.73 Å². The van der Waals surface area contributed by atoms with Crippen LogP contribution in [0.3, 0.4) is 0 Å². The molecule has 0 bridgehead atoms. The molecular weight excluding hydrogens is 218 g/mol. The number of thiazole rings is 1. The molecule has 1 aromatic heterocycles. The van der Waals surface area contributed by atoms with Crippen molar-refractivity contribution in [1.82, 2.24) is 4.98 Å². The second kappa shape index (κ2) is 5.52. The number of carboxylic acids is 1. The van der Waals surface area contributed by atoms with E-state index in [0.717, 1.165) is 0 Å². The Bertz CT molecular complexity index is 329. The van der Waals surface area contributed by atoms with Crippen molar-refractivity contribution in [3.8, 4) is 5.88 Å². The molecule has 1 heterocycles. The fourth-order valence-corrected chi connectivity index (χ4v) is 1.59. The van der Waals surface area contributed by atoms with Crippen LogP contribution in [-0.2, 0) is 4.79 Å². The number of carboxylic acid groups (broad SMARTS) is 1. The summed E-state index contributed by atoms with van der Waals surface area (Å²) in [4.78, 5) is 14.2. The number of anilines is 1. The van der Waals surface area contributed by atoms with Crippen molar-refractivity contribution >= 4 is 22.4 Å². The highest BCUT2D eigenvalue weighted by molar-refractivity contribution is 7.13. The van der Waals surface area contributed by atoms with Crippen LogP contribution in [0, 0.1) is 0 Å². The third-order valence-electron chi connectivity index (χ3n) is 1.78. The molecule has 0 saturated heterocycles. The lowest BCUT2D eigenvalue weighted by Gasteiger charge is -2.05. The molecule has 0 fully saturated rings. The van der Waals surface area contributed by atoms with E-state index in [2.05, 4.69) is 10.3 Å². The Kier molecular flexibility index (Phi) is 4.32. The van der Waals surface area contributed by atoms with Gasteiger partial charge in [0.05, 0.1) is 5.38 Å². The summed E-state index contributed by atoms with van der Waals surface area (Å²) in [7, 11) is 0. The minimum atomic E-state index is -0.984. The predicted molar refractivity (Wildman–Crippen MR) is 57.1 cm³/mol. The fourth-order valence-electron chi connectivity index (χ4n) is 0.987. The SMILES string of the molecule is NC(CCCNc1nc(O)cs1)C(=O)O. The van der Waals surface area contributed by atoms with Crippen molar-refractivity contribution in [3.05, 3.63) is 5.38 Å². The number of rotatable bonds is 6. The number of hydrogen-bond acceptors (Lipinski definition) is 6. The Morgan fingerprint density at radius 3 is 3.00 bits per heavy atom. The number of hydrogen-bond donors (Lipinski definition) is 4. The summed E-state index contributed by atoms with van der Waals surface area (Å²) in [5.41, 5.74) is 5.32. The molecule has 0 aromatic carbocycles. The summed E-state index contributed by atoms with van der Waals surface area (Å²) in [5.74, 6) is -0.994. The first-order valence-electron chi connectivity index (χ1n) is 4.46. The summed E-state index contributed by atoms with van der Waals surface area (Å²) in [5, 5.41) is 22.5. The van der Waals surface area contributed by atoms with Crippen LogP contribution >= 0.6 is 11.3 Å². The van der Waals surface area contributed by atoms with Crippen LogP contribution in [0.1, 0.15) is 12.8 Å². The van der Waals surface area contributed by atoms with Gasteiger partial charge in [0, 0.05) is 6.54 Å². The van der Waals surface area contributed by atoms with Crippen LogP contribution in [0.4, 0.5) is 5.13 Å². The van der Waals surface area contributed by atoms with E-state index in [1.807, 2.05) is 0 Å². The molecule has 84 valence electrons. The van der Waals surface area contributed by atoms with Gasteiger partial charge in [0.2, 0.25) is 5.88 Å². The van der Waals surface area contributed by atoms with Crippen LogP contribution in [-0.4, -0.2) is 33.8 Å². The van der Waals surface area contributed by atoms with E-state index in [0.29, 0.717) is 24.5 Å². The largest absolute Gasteiger partial charge is 0.493 e. The molecule has 7 heteroatoms. The first-order chi connectivity index (χ1) is 7.09. The smallest absolute Gasteiger partial charge is 0.320 e. The molecule has 0 spiro atoms. The molecule has 0 aliphatic rings. The zero-order chi connectivity index (χ0) is 11.3. The summed E-state index contributed by atoms with van der Waals surface area (Å²) >= 11 is 1.29. The van der Waals surface area contributed by atoms with Gasteiger partial charge < -0.3 is 21.3 Å². The van der Waals surface area contributed by atoms with Crippen molar-refractivity contribution < 1.29 is 15.0 Å². The molecule has 0 radical (unpaired) electrons. The number of aromatic nitrogens is 1. The number of carbonyl (C=O) groups is 1. The van der Waals surface area contributed by atoms with Gasteiger partial charge in [-0.25, -0.2) is 0 Å². The molecule has 1 unspecified atom stereocenters. The van der Waals surface area contributed by atoms with E-state index in [9.17, 15) is 4.79 Å². The third kappa shape index (κ3) is 4.13. The van der Waals surface area contributed by atoms with E-state index in [1.54, 1.807) is 0 Å². The van der Waals surface area contributed by atoms with Gasteiger partial charge in [-0.05, 0) is 12.8 Å². The monoisotopic (exact) mass is 231 g/mol. The lowest BCUT2D eigenvalue weighted by molar-refractivity contribution is -0.138. The highest BCUT2D eigenvalue weighted by Crippen LogP contribution is 2.19. The maximum absolute atomic E-state index is 10.4. The van der Waals surface area contributed by atoms with Gasteiger partial charge >= 0.3 is 5.97 Å². The van der Waals surface area contributed by atoms with Gasteiger partial charge in [0.1, 0.15) is 6.04 Å². The highest BCUT2D eigenvalue weighted by Gasteiger charge is 2.10. The van der Waals surface area contributed by atoms with Gasteiger partial charge in [-0.15, -0.1) is 11.3 Å². The quantitative estimate of drug-likeness (QED) is 0.529. The molecule has 0 aliphatic carbocycles. The van der Waals surface area contributed by atoms with Crippen LogP contribution in [0.5, 0.6) is 5.88 Å². The molecule has 0 amide bonds. The van der Waals surface area contributed by atoms with Gasteiger partial charge in [-0.2, -0.15) is 4.98 Å². The number of nitrogens with two attached hydrogens (primary N) is 1. The maximum atomic E-state index is 10.4. The number of aliphatic carboxylic acids is 1. The van der Waals surface area contributed by atoms with E-state index in [4.69, 9.17) is 15.9 Å². The van der Waals surface area contributed by atoms with Crippen LogP contribution < -0.4 is 11.1 Å². The zero-order valence-electron chi connectivity index (χ0n) is 8.01. The first-order valence-corrected chi connectivity index (χ1v) is 5.34. The number of aromatic hydroxyl groups is 1. The van der Waals surface area contributed by atoms with E-state index in [-0.39, 0.29) is 5.88 Å². The second-order valence-electron chi connectivity index (χ2n) is 3.02. The first kappa shape index (κ1) is 11.7. The van der Waals surface area contributed by atoms with Crippen LogP contribution in [0.2, 0.25) is 0 Å². The Morgan fingerprint density at radius 1 is 1.73 bits per heavy atom. The van der Waals surface area contributed by atoms with Crippen molar-refractivity contribution in [3.63, 3.8) is 0 Å². The molecule has 1 rings (SSSR count). The molecule has 15 heavy (non-hydrogen) atoms. The molecule has 1 aromatic rings. The second-order valence-corrected chi connectivity index (χ2v) is 3.88. The van der Waals surface area contributed by atoms with Gasteiger partial charge in [0.15, 0.2) is 5.13 Å². The Labute approximate surface area is 90.8 Å². The molecular formula is C8H13N3O3S. The summed E-state index contributed by atoms with van der Waals surface area (Å²) in [6.45, 7) is 0.591. The minimum absolute atomic E-state index is 0.00950. The highest BCUT2D eigenvalue weighted by atomic mass is 32.1. The van der Waals surface area contributed by atoms with Gasteiger partial charge in [-0.1, -0.05) is 0 Å². The number of nitrogens with zero attached hydrogens (tertiary/aromatic N) is 1. The molecule has 6 nitrogen and oxygen atoms in total. The summed E-state index contributed by atoms with van der Waals surface area (Å²) < 4.78 is 0. The standard InChI is InChI=1S/C8H13N3O3S/c9-5(7(13)14)2-1-3-10-8-11-6(12)4-15-8/h4-5,12H,1-3,9H2,(H,10,11)(H,13,14). The van der Waals surface area contributed by atoms with E-state index >= 15 is 0 Å². The normalized spacial score (nSPS) is 12.3. The molecule has 0 aliphatic heterocycles. The Hall–Kier alpha value is -1.34. The maximum Gasteiger partial charge on any atom is 0.320 e. The zero-order valence-corrected chi connectivity index (χ0v) is 8.83. The van der Waals surface area contributed by atoms with Crippen molar-refractivity contribution in [2.45, 2.75) is 18.9 Å². The van der Waals surface area contributed by atoms with Gasteiger partial charge in [-0.3, -0.25) is 4.79 Å². The third-order valence-corrected chi connectivity index (χ3v) is 2.56. The van der Waals surface area contributed by atoms with Crippen LogP contribution in [0.25, 0.3) is 0 Å². The van der Waals surface area contributed by atoms with Crippen molar-refractivity contribution in [1.29, 1.82) is 0 Å². The Balaban J connectivity index is 2.14. The summed E-state index contributed by atoms with van der Waals surface area (Å²) in [6.07, 6.45) is 1.06. The lowest BCUT2D eigenvalue weighted by atomic mass is 10.2. The number of nitrogens with one attached hydrogen (secondary N) is 1. The van der Waals surface area contributed by atoms with Crippen molar-refractivity contribution in [2.75, 3.05) is 11.9 Å². The molecule has 1 atom stereocenters. The molecule has 5 N–H and O–H groups in total. The average molecular weight is 231 g/mol. The topological polar surface area (TPSA) is 108 Å². The van der Waals surface area contributed by atoms with E-state index < -0.39 is 12.0 Å². The van der Waals surface area contributed by atoms with Gasteiger partial charge in [0.25, 0.3) is 0 Å². The fraction of sp³-hybridized carbons (Fsp3) is 0.500. The minimum Gasteiger partial charge on any atom is -0.493 e. The van der Waals surface area contributed by atoms with E-state index in [1.165, 1.54) is 16.7 Å². The summed E-state index contributed by atoms with van der Waals surface area (Å²) in [6, 6.07) is -0.809. The predicted octanol–water partition coefficient (Wildman–Crippen LogP) is 0.453. The van der Waals surface area contributed by atoms with Crippen LogP contribution in [0.15, 0.2) is 5.38 Å². The average Bonchev–Trinajstić information content (AvgIpc) is 2.58. The molecule has 0 saturated carbocycles. The Morgan fingerprint density at radius 2 is 2.47 bits per heavy atom. The lowest BCUT2D eigenvalue weighted by Crippen LogP contribution is -2.30.